The van der Waals surface area contributed by atoms with Gasteiger partial charge in [-0.2, -0.15) is 0 Å². The van der Waals surface area contributed by atoms with Gasteiger partial charge in [-0.25, -0.2) is 4.79 Å². The Labute approximate surface area is 104 Å². The average molecular weight is 240 g/mol. The fourth-order valence-electron chi connectivity index (χ4n) is 2.43. The van der Waals surface area contributed by atoms with Crippen LogP contribution in [0.1, 0.15) is 46.0 Å². The van der Waals surface area contributed by atoms with Crippen LogP contribution in [0, 0.1) is 11.3 Å². The molecule has 1 N–H and O–H groups in total. The van der Waals surface area contributed by atoms with Crippen LogP contribution >= 0.6 is 0 Å². The second-order valence-corrected chi connectivity index (χ2v) is 5.22. The van der Waals surface area contributed by atoms with Crippen LogP contribution in [0.5, 0.6) is 0 Å². The minimum atomic E-state index is -0.877. The van der Waals surface area contributed by atoms with E-state index in [-0.39, 0.29) is 11.3 Å². The molecule has 0 bridgehead atoms. The monoisotopic (exact) mass is 240 g/mol. The van der Waals surface area contributed by atoms with Crippen LogP contribution < -0.4 is 0 Å². The Morgan fingerprint density at radius 1 is 1.41 bits per heavy atom. The minimum Gasteiger partial charge on any atom is -0.478 e. The smallest absolute Gasteiger partial charge is 0.331 e. The average Bonchev–Trinajstić information content (AvgIpc) is 2.25. The fraction of sp³-hybridized carbons (Fsp3) is 0.786. The van der Waals surface area contributed by atoms with E-state index in [0.717, 1.165) is 12.8 Å². The van der Waals surface area contributed by atoms with E-state index >= 15 is 0 Å². The third-order valence-electron chi connectivity index (χ3n) is 4.02. The van der Waals surface area contributed by atoms with E-state index in [2.05, 4.69) is 13.5 Å². The van der Waals surface area contributed by atoms with Crippen LogP contribution in [0.25, 0.3) is 0 Å². The summed E-state index contributed by atoms with van der Waals surface area (Å²) < 4.78 is 5.31. The SMILES string of the molecule is C=C(C(=O)O)C(C)C1(CCCCCC)COC1. The molecule has 0 saturated carbocycles. The molecule has 0 radical (unpaired) electrons. The molecule has 3 nitrogen and oxygen atoms in total. The zero-order valence-electron chi connectivity index (χ0n) is 11.0. The van der Waals surface area contributed by atoms with E-state index in [4.69, 9.17) is 9.84 Å². The predicted octanol–water partition coefficient (Wildman–Crippen LogP) is 3.25. The van der Waals surface area contributed by atoms with Gasteiger partial charge in [-0.3, -0.25) is 0 Å². The first-order chi connectivity index (χ1) is 8.03. The number of aliphatic carboxylic acids is 1. The summed E-state index contributed by atoms with van der Waals surface area (Å²) in [5.41, 5.74) is 0.354. The van der Waals surface area contributed by atoms with Crippen LogP contribution in [-0.2, 0) is 9.53 Å². The Bertz CT molecular complexity index is 279. The molecule has 0 aromatic rings. The van der Waals surface area contributed by atoms with Crippen molar-refractivity contribution in [2.24, 2.45) is 11.3 Å². The molecule has 17 heavy (non-hydrogen) atoms. The number of carboxylic acids is 1. The van der Waals surface area contributed by atoms with E-state index in [1.807, 2.05) is 6.92 Å². The third kappa shape index (κ3) is 3.32. The van der Waals surface area contributed by atoms with Gasteiger partial charge in [0.15, 0.2) is 0 Å². The largest absolute Gasteiger partial charge is 0.478 e. The molecular formula is C14H24O3. The summed E-state index contributed by atoms with van der Waals surface area (Å²) in [7, 11) is 0. The van der Waals surface area contributed by atoms with Gasteiger partial charge >= 0.3 is 5.97 Å². The van der Waals surface area contributed by atoms with Gasteiger partial charge in [0.2, 0.25) is 0 Å². The normalized spacial score (nSPS) is 19.4. The first kappa shape index (κ1) is 14.2. The summed E-state index contributed by atoms with van der Waals surface area (Å²) in [6.45, 7) is 9.23. The van der Waals surface area contributed by atoms with Crippen molar-refractivity contribution in [3.05, 3.63) is 12.2 Å². The zero-order chi connectivity index (χ0) is 12.9. The molecule has 0 aliphatic carbocycles. The Balaban J connectivity index is 2.50. The predicted molar refractivity (Wildman–Crippen MR) is 68.0 cm³/mol. The molecule has 1 saturated heterocycles. The van der Waals surface area contributed by atoms with Gasteiger partial charge in [0.1, 0.15) is 0 Å². The van der Waals surface area contributed by atoms with Crippen molar-refractivity contribution in [1.29, 1.82) is 0 Å². The lowest BCUT2D eigenvalue weighted by Gasteiger charge is -2.46. The van der Waals surface area contributed by atoms with Gasteiger partial charge < -0.3 is 9.84 Å². The van der Waals surface area contributed by atoms with Gasteiger partial charge in [0.05, 0.1) is 13.2 Å². The first-order valence-electron chi connectivity index (χ1n) is 6.53. The summed E-state index contributed by atoms with van der Waals surface area (Å²) in [6, 6.07) is 0. The number of ether oxygens (including phenoxy) is 1. The van der Waals surface area contributed by atoms with Crippen molar-refractivity contribution >= 4 is 5.97 Å². The highest BCUT2D eigenvalue weighted by Crippen LogP contribution is 2.43. The lowest BCUT2D eigenvalue weighted by molar-refractivity contribution is -0.148. The highest BCUT2D eigenvalue weighted by Gasteiger charge is 2.44. The van der Waals surface area contributed by atoms with E-state index < -0.39 is 5.97 Å². The Morgan fingerprint density at radius 3 is 2.47 bits per heavy atom. The molecule has 1 aliphatic rings. The number of unbranched alkanes of at least 4 members (excludes halogenated alkanes) is 3. The molecule has 1 aliphatic heterocycles. The Kier molecular flexibility index (Phi) is 5.19. The van der Waals surface area contributed by atoms with Crippen molar-refractivity contribution in [3.63, 3.8) is 0 Å². The van der Waals surface area contributed by atoms with Crippen LogP contribution in [0.3, 0.4) is 0 Å². The van der Waals surface area contributed by atoms with Gasteiger partial charge in [0.25, 0.3) is 0 Å². The molecule has 0 spiro atoms. The minimum absolute atomic E-state index is 0.00961. The third-order valence-corrected chi connectivity index (χ3v) is 4.02. The molecule has 1 atom stereocenters. The zero-order valence-corrected chi connectivity index (χ0v) is 11.0. The molecular weight excluding hydrogens is 216 g/mol. The summed E-state index contributed by atoms with van der Waals surface area (Å²) in [4.78, 5) is 11.0. The molecule has 98 valence electrons. The number of hydrogen-bond donors (Lipinski definition) is 1. The Hall–Kier alpha value is -0.830. The highest BCUT2D eigenvalue weighted by atomic mass is 16.5. The molecule has 0 amide bonds. The number of rotatable bonds is 8. The quantitative estimate of drug-likeness (QED) is 0.523. The van der Waals surface area contributed by atoms with Crippen LogP contribution in [0.15, 0.2) is 12.2 Å². The molecule has 1 unspecified atom stereocenters. The van der Waals surface area contributed by atoms with E-state index in [1.165, 1.54) is 19.3 Å². The van der Waals surface area contributed by atoms with Crippen LogP contribution in [0.2, 0.25) is 0 Å². The molecule has 0 aromatic heterocycles. The van der Waals surface area contributed by atoms with Crippen molar-refractivity contribution in [3.8, 4) is 0 Å². The Morgan fingerprint density at radius 2 is 2.06 bits per heavy atom. The number of carboxylic acid groups (broad SMARTS) is 1. The molecule has 0 aromatic carbocycles. The standard InChI is InChI=1S/C14H24O3/c1-4-5-6-7-8-14(9-17-10-14)12(3)11(2)13(15)16/h12H,2,4-10H2,1,3H3,(H,15,16). The van der Waals surface area contributed by atoms with Crippen LogP contribution in [0.4, 0.5) is 0 Å². The van der Waals surface area contributed by atoms with Crippen LogP contribution in [-0.4, -0.2) is 24.3 Å². The van der Waals surface area contributed by atoms with Crippen molar-refractivity contribution in [2.75, 3.05) is 13.2 Å². The van der Waals surface area contributed by atoms with Gasteiger partial charge in [-0.15, -0.1) is 0 Å². The topological polar surface area (TPSA) is 46.5 Å². The maximum atomic E-state index is 11.0. The molecule has 3 heteroatoms. The van der Waals surface area contributed by atoms with Crippen molar-refractivity contribution < 1.29 is 14.6 Å². The molecule has 1 rings (SSSR count). The van der Waals surface area contributed by atoms with Crippen molar-refractivity contribution in [2.45, 2.75) is 46.0 Å². The number of carbonyl (C=O) groups is 1. The maximum absolute atomic E-state index is 11.0. The molecule has 1 fully saturated rings. The molecule has 1 heterocycles. The summed E-state index contributed by atoms with van der Waals surface area (Å²) >= 11 is 0. The van der Waals surface area contributed by atoms with E-state index in [0.29, 0.717) is 18.8 Å². The maximum Gasteiger partial charge on any atom is 0.331 e. The second kappa shape index (κ2) is 6.20. The summed E-state index contributed by atoms with van der Waals surface area (Å²) in [5, 5.41) is 9.00. The van der Waals surface area contributed by atoms with Gasteiger partial charge in [-0.1, -0.05) is 46.1 Å². The lowest BCUT2D eigenvalue weighted by Crippen LogP contribution is -2.48. The highest BCUT2D eigenvalue weighted by molar-refractivity contribution is 5.86. The summed E-state index contributed by atoms with van der Waals surface area (Å²) in [6.07, 6.45) is 5.92. The second-order valence-electron chi connectivity index (χ2n) is 5.22. The summed E-state index contributed by atoms with van der Waals surface area (Å²) in [5.74, 6) is -0.868. The first-order valence-corrected chi connectivity index (χ1v) is 6.53. The van der Waals surface area contributed by atoms with Crippen molar-refractivity contribution in [1.82, 2.24) is 0 Å². The van der Waals surface area contributed by atoms with E-state index in [1.54, 1.807) is 0 Å². The van der Waals surface area contributed by atoms with E-state index in [9.17, 15) is 4.79 Å². The lowest BCUT2D eigenvalue weighted by atomic mass is 9.68. The van der Waals surface area contributed by atoms with Gasteiger partial charge in [-0.05, 0) is 12.3 Å². The fourth-order valence-corrected chi connectivity index (χ4v) is 2.43. The number of hydrogen-bond acceptors (Lipinski definition) is 2. The van der Waals surface area contributed by atoms with Gasteiger partial charge in [0, 0.05) is 11.0 Å².